The molecule has 210 valence electrons. The quantitative estimate of drug-likeness (QED) is 0.382. The molecule has 0 saturated carbocycles. The molecular formula is C28H39IN8O2. The highest BCUT2D eigenvalue weighted by Gasteiger charge is 2.39. The Labute approximate surface area is 243 Å². The van der Waals surface area contributed by atoms with Crippen molar-refractivity contribution in [2.45, 2.75) is 82.3 Å². The number of nitrogens with zero attached hydrogens (tertiary/aromatic N) is 8. The van der Waals surface area contributed by atoms with Crippen LogP contribution in [0.15, 0.2) is 18.3 Å². The van der Waals surface area contributed by atoms with E-state index in [0.717, 1.165) is 91.3 Å². The second-order valence-electron chi connectivity index (χ2n) is 11.9. The number of morpholine rings is 1. The highest BCUT2D eigenvalue weighted by Crippen LogP contribution is 2.41. The molecule has 0 amide bonds. The average molecular weight is 647 g/mol. The summed E-state index contributed by atoms with van der Waals surface area (Å²) in [7, 11) is 4.41. The molecule has 0 spiro atoms. The first kappa shape index (κ1) is 26.0. The van der Waals surface area contributed by atoms with Crippen molar-refractivity contribution in [1.29, 1.82) is 0 Å². The summed E-state index contributed by atoms with van der Waals surface area (Å²) in [5, 5.41) is 11.1. The van der Waals surface area contributed by atoms with E-state index < -0.39 is 0 Å². The van der Waals surface area contributed by atoms with Crippen LogP contribution in [0.2, 0.25) is 0 Å². The highest BCUT2D eigenvalue weighted by molar-refractivity contribution is 14.1. The SMILES string of the molecule is C[C@@H]1CC(N(C)C)CCN1c1cc(N2C3CCC2COC3)nc2c1c(I)nn2-c1ccn(C2CCCCO2)n1. The summed E-state index contributed by atoms with van der Waals surface area (Å²) in [6, 6.07) is 6.18. The fourth-order valence-electron chi connectivity index (χ4n) is 7.07. The molecule has 0 aromatic carbocycles. The minimum atomic E-state index is -0.00436. The first-order valence-corrected chi connectivity index (χ1v) is 15.6. The minimum Gasteiger partial charge on any atom is -0.377 e. The molecule has 4 saturated heterocycles. The topological polar surface area (TPSA) is 76.7 Å². The minimum absolute atomic E-state index is 0.00436. The number of rotatable bonds is 5. The van der Waals surface area contributed by atoms with E-state index in [1.807, 2.05) is 21.6 Å². The van der Waals surface area contributed by atoms with E-state index in [1.54, 1.807) is 0 Å². The molecule has 2 bridgehead atoms. The van der Waals surface area contributed by atoms with E-state index in [1.165, 1.54) is 12.1 Å². The lowest BCUT2D eigenvalue weighted by Gasteiger charge is -2.42. The maximum atomic E-state index is 6.00. The smallest absolute Gasteiger partial charge is 0.177 e. The lowest BCUT2D eigenvalue weighted by atomic mass is 9.96. The molecule has 11 heteroatoms. The molecule has 10 nitrogen and oxygen atoms in total. The first-order valence-electron chi connectivity index (χ1n) is 14.5. The van der Waals surface area contributed by atoms with E-state index in [4.69, 9.17) is 24.7 Å². The van der Waals surface area contributed by atoms with Crippen molar-refractivity contribution in [3.63, 3.8) is 0 Å². The molecule has 3 aromatic rings. The molecule has 4 aliphatic rings. The van der Waals surface area contributed by atoms with Crippen LogP contribution in [0, 0.1) is 3.70 Å². The van der Waals surface area contributed by atoms with Gasteiger partial charge in [-0.05, 0) is 88.6 Å². The normalized spacial score (nSPS) is 29.6. The molecule has 4 aliphatic heterocycles. The largest absolute Gasteiger partial charge is 0.377 e. The third-order valence-corrected chi connectivity index (χ3v) is 9.97. The lowest BCUT2D eigenvalue weighted by molar-refractivity contribution is -0.0395. The summed E-state index contributed by atoms with van der Waals surface area (Å²) < 4.78 is 16.8. The van der Waals surface area contributed by atoms with Gasteiger partial charge in [0.15, 0.2) is 11.5 Å². The molecule has 3 aromatic heterocycles. The second-order valence-corrected chi connectivity index (χ2v) is 12.9. The highest BCUT2D eigenvalue weighted by atomic mass is 127. The summed E-state index contributed by atoms with van der Waals surface area (Å²) in [5.74, 6) is 1.83. The number of anilines is 2. The Bertz CT molecular complexity index is 1320. The van der Waals surface area contributed by atoms with Gasteiger partial charge in [-0.3, -0.25) is 0 Å². The van der Waals surface area contributed by atoms with Gasteiger partial charge < -0.3 is 24.2 Å². The number of aromatic nitrogens is 5. The van der Waals surface area contributed by atoms with E-state index in [9.17, 15) is 0 Å². The van der Waals surface area contributed by atoms with Gasteiger partial charge in [-0.25, -0.2) is 9.67 Å². The van der Waals surface area contributed by atoms with Gasteiger partial charge in [0, 0.05) is 43.6 Å². The number of hydrogen-bond acceptors (Lipinski definition) is 8. The summed E-state index contributed by atoms with van der Waals surface area (Å²) in [5.41, 5.74) is 2.13. The van der Waals surface area contributed by atoms with E-state index >= 15 is 0 Å². The number of hydrogen-bond donors (Lipinski definition) is 0. The van der Waals surface area contributed by atoms with Crippen molar-refractivity contribution in [3.05, 3.63) is 22.0 Å². The number of halogens is 1. The molecule has 0 radical (unpaired) electrons. The fourth-order valence-corrected chi connectivity index (χ4v) is 7.80. The predicted octanol–water partition coefficient (Wildman–Crippen LogP) is 4.21. The van der Waals surface area contributed by atoms with Crippen LogP contribution in [0.4, 0.5) is 11.5 Å². The van der Waals surface area contributed by atoms with Crippen molar-refractivity contribution < 1.29 is 9.47 Å². The fraction of sp³-hybridized carbons (Fsp3) is 0.679. The van der Waals surface area contributed by atoms with Crippen LogP contribution < -0.4 is 9.80 Å². The monoisotopic (exact) mass is 646 g/mol. The Kier molecular flexibility index (Phi) is 6.97. The van der Waals surface area contributed by atoms with Crippen molar-refractivity contribution in [3.8, 4) is 5.82 Å². The molecule has 0 N–H and O–H groups in total. The summed E-state index contributed by atoms with van der Waals surface area (Å²) >= 11 is 2.39. The molecule has 39 heavy (non-hydrogen) atoms. The molecular weight excluding hydrogens is 607 g/mol. The Morgan fingerprint density at radius 2 is 1.85 bits per heavy atom. The first-order chi connectivity index (χ1) is 19.0. The zero-order valence-electron chi connectivity index (χ0n) is 23.2. The number of fused-ring (bicyclic) bond motifs is 3. The summed E-state index contributed by atoms with van der Waals surface area (Å²) in [6.07, 6.45) is 9.91. The average Bonchev–Trinajstić information content (AvgIpc) is 3.63. The number of piperidine rings is 1. The van der Waals surface area contributed by atoms with Crippen molar-refractivity contribution in [2.75, 3.05) is 50.3 Å². The Balaban J connectivity index is 1.34. The Morgan fingerprint density at radius 3 is 2.56 bits per heavy atom. The molecule has 7 heterocycles. The molecule has 4 fully saturated rings. The maximum absolute atomic E-state index is 6.00. The standard InChI is InChI=1S/C28H39IN8O2/c1-18-14-19(33(2)3)9-11-34(18)22-15-24(36-20-7-8-21(36)17-38-16-20)30-28-26(22)27(29)32-37(28)23-10-12-35(31-23)25-6-4-5-13-39-25/h10,12,15,18-21,25H,4-9,11,13-14,16-17H2,1-3H3/t18-,19?,20?,21?,25?/m1/s1. The van der Waals surface area contributed by atoms with Crippen molar-refractivity contribution in [1.82, 2.24) is 29.4 Å². The van der Waals surface area contributed by atoms with Gasteiger partial charge in [0.2, 0.25) is 0 Å². The molecule has 0 aliphatic carbocycles. The van der Waals surface area contributed by atoms with Crippen LogP contribution in [0.5, 0.6) is 0 Å². The van der Waals surface area contributed by atoms with Gasteiger partial charge in [-0.1, -0.05) is 0 Å². The molecule has 7 rings (SSSR count). The van der Waals surface area contributed by atoms with Crippen LogP contribution in [-0.4, -0.2) is 94.1 Å². The predicted molar refractivity (Wildman–Crippen MR) is 160 cm³/mol. The zero-order valence-corrected chi connectivity index (χ0v) is 25.3. The van der Waals surface area contributed by atoms with Crippen LogP contribution >= 0.6 is 22.6 Å². The van der Waals surface area contributed by atoms with Gasteiger partial charge in [-0.2, -0.15) is 14.9 Å². The summed E-state index contributed by atoms with van der Waals surface area (Å²) in [4.78, 5) is 12.8. The van der Waals surface area contributed by atoms with Gasteiger partial charge in [0.1, 0.15) is 15.7 Å². The third kappa shape index (κ3) is 4.62. The van der Waals surface area contributed by atoms with Crippen LogP contribution in [-0.2, 0) is 9.47 Å². The van der Waals surface area contributed by atoms with Gasteiger partial charge >= 0.3 is 0 Å². The van der Waals surface area contributed by atoms with Crippen LogP contribution in [0.3, 0.4) is 0 Å². The van der Waals surface area contributed by atoms with Crippen LogP contribution in [0.25, 0.3) is 16.9 Å². The number of pyridine rings is 1. The summed E-state index contributed by atoms with van der Waals surface area (Å²) in [6.45, 7) is 5.73. The number of ether oxygens (including phenoxy) is 2. The van der Waals surface area contributed by atoms with Crippen molar-refractivity contribution >= 4 is 45.1 Å². The van der Waals surface area contributed by atoms with Gasteiger partial charge in [0.25, 0.3) is 0 Å². The molecule has 5 atom stereocenters. The van der Waals surface area contributed by atoms with E-state index in [-0.39, 0.29) is 6.23 Å². The van der Waals surface area contributed by atoms with Crippen molar-refractivity contribution in [2.24, 2.45) is 0 Å². The van der Waals surface area contributed by atoms with Gasteiger partial charge in [0.05, 0.1) is 36.4 Å². The lowest BCUT2D eigenvalue weighted by Crippen LogP contribution is -2.48. The third-order valence-electron chi connectivity index (χ3n) is 9.22. The van der Waals surface area contributed by atoms with Gasteiger partial charge in [-0.15, -0.1) is 0 Å². The Hall–Kier alpha value is -1.96. The zero-order chi connectivity index (χ0) is 26.7. The van der Waals surface area contributed by atoms with E-state index in [2.05, 4.69) is 64.4 Å². The van der Waals surface area contributed by atoms with E-state index in [0.29, 0.717) is 24.2 Å². The Morgan fingerprint density at radius 1 is 1.03 bits per heavy atom. The maximum Gasteiger partial charge on any atom is 0.177 e. The molecule has 4 unspecified atom stereocenters. The van der Waals surface area contributed by atoms with Crippen LogP contribution in [0.1, 0.15) is 58.1 Å². The second kappa shape index (κ2) is 10.5.